The summed E-state index contributed by atoms with van der Waals surface area (Å²) in [5.41, 5.74) is 1.09. The van der Waals surface area contributed by atoms with E-state index < -0.39 is 11.9 Å². The van der Waals surface area contributed by atoms with Crippen molar-refractivity contribution in [1.29, 1.82) is 0 Å². The van der Waals surface area contributed by atoms with Crippen molar-refractivity contribution < 1.29 is 18.8 Å². The smallest absolute Gasteiger partial charge is 0.255 e. The highest BCUT2D eigenvalue weighted by molar-refractivity contribution is 7.17. The van der Waals surface area contributed by atoms with Crippen LogP contribution in [0.3, 0.4) is 0 Å². The van der Waals surface area contributed by atoms with Crippen LogP contribution in [-0.4, -0.2) is 28.6 Å². The summed E-state index contributed by atoms with van der Waals surface area (Å²) in [6, 6.07) is 0.773. The van der Waals surface area contributed by atoms with Crippen LogP contribution in [0.5, 0.6) is 0 Å². The zero-order chi connectivity index (χ0) is 16.4. The van der Waals surface area contributed by atoms with Gasteiger partial charge in [0.25, 0.3) is 5.91 Å². The van der Waals surface area contributed by atoms with Gasteiger partial charge in [-0.05, 0) is 25.8 Å². The minimum Gasteiger partial charge on any atom is -0.472 e. The molecule has 1 atom stereocenters. The van der Waals surface area contributed by atoms with Gasteiger partial charge in [-0.1, -0.05) is 11.3 Å². The van der Waals surface area contributed by atoms with E-state index in [1.807, 2.05) is 0 Å². The van der Waals surface area contributed by atoms with E-state index in [2.05, 4.69) is 15.6 Å². The SMILES string of the molecule is C[C@H](NC(=O)c1ccoc1)C(=O)Nc1nc2c(s1)C(=O)CCC2. The molecule has 23 heavy (non-hydrogen) atoms. The molecule has 2 amide bonds. The molecule has 2 aromatic heterocycles. The Hall–Kier alpha value is -2.48. The lowest BCUT2D eigenvalue weighted by Gasteiger charge is -2.12. The lowest BCUT2D eigenvalue weighted by Crippen LogP contribution is -2.41. The number of nitrogens with zero attached hydrogens (tertiary/aromatic N) is 1. The average molecular weight is 333 g/mol. The first-order valence-corrected chi connectivity index (χ1v) is 8.03. The van der Waals surface area contributed by atoms with Gasteiger partial charge in [0.2, 0.25) is 5.91 Å². The number of Topliss-reactive ketones (excluding diaryl/α,β-unsaturated/α-hetero) is 1. The van der Waals surface area contributed by atoms with E-state index in [-0.39, 0.29) is 11.7 Å². The number of hydrogen-bond donors (Lipinski definition) is 2. The standard InChI is InChI=1S/C15H15N3O4S/c1-8(16-14(21)9-5-6-22-7-9)13(20)18-15-17-10-3-2-4-11(19)12(10)23-15/h5-8H,2-4H2,1H3,(H,16,21)(H,17,18,20)/t8-/m0/s1. The summed E-state index contributed by atoms with van der Waals surface area (Å²) in [5.74, 6) is -0.707. The van der Waals surface area contributed by atoms with E-state index in [0.717, 1.165) is 18.5 Å². The fourth-order valence-corrected chi connectivity index (χ4v) is 3.26. The molecule has 0 spiro atoms. The zero-order valence-corrected chi connectivity index (χ0v) is 13.2. The second-order valence-electron chi connectivity index (χ2n) is 5.27. The van der Waals surface area contributed by atoms with Crippen LogP contribution in [0.1, 0.15) is 45.5 Å². The van der Waals surface area contributed by atoms with Crippen molar-refractivity contribution >= 4 is 34.1 Å². The maximum Gasteiger partial charge on any atom is 0.255 e. The van der Waals surface area contributed by atoms with Crippen molar-refractivity contribution in [2.75, 3.05) is 5.32 Å². The molecule has 0 aromatic carbocycles. The molecule has 2 N–H and O–H groups in total. The van der Waals surface area contributed by atoms with E-state index in [1.54, 1.807) is 6.92 Å². The second kappa shape index (κ2) is 6.33. The first kappa shape index (κ1) is 15.4. The molecule has 0 aliphatic heterocycles. The average Bonchev–Trinajstić information content (AvgIpc) is 3.16. The molecule has 1 aliphatic rings. The van der Waals surface area contributed by atoms with Crippen molar-refractivity contribution in [3.05, 3.63) is 34.7 Å². The third kappa shape index (κ3) is 3.31. The topological polar surface area (TPSA) is 101 Å². The van der Waals surface area contributed by atoms with Crippen molar-refractivity contribution in [2.24, 2.45) is 0 Å². The Morgan fingerprint density at radius 3 is 2.91 bits per heavy atom. The van der Waals surface area contributed by atoms with E-state index in [1.165, 1.54) is 29.9 Å². The Morgan fingerprint density at radius 1 is 1.39 bits per heavy atom. The summed E-state index contributed by atoms with van der Waals surface area (Å²) in [5, 5.41) is 5.61. The van der Waals surface area contributed by atoms with Crippen LogP contribution in [0.15, 0.2) is 23.0 Å². The Bertz CT molecular complexity index is 751. The number of anilines is 1. The third-order valence-corrected chi connectivity index (χ3v) is 4.58. The number of amides is 2. The quantitative estimate of drug-likeness (QED) is 0.891. The Balaban J connectivity index is 1.62. The Labute approximate surface area is 136 Å². The summed E-state index contributed by atoms with van der Waals surface area (Å²) in [6.45, 7) is 1.58. The molecule has 3 rings (SSSR count). The monoisotopic (exact) mass is 333 g/mol. The Kier molecular flexibility index (Phi) is 4.24. The molecule has 120 valence electrons. The van der Waals surface area contributed by atoms with E-state index in [4.69, 9.17) is 4.42 Å². The van der Waals surface area contributed by atoms with Crippen molar-refractivity contribution in [2.45, 2.75) is 32.2 Å². The van der Waals surface area contributed by atoms with E-state index >= 15 is 0 Å². The molecule has 1 aliphatic carbocycles. The molecule has 0 saturated heterocycles. The van der Waals surface area contributed by atoms with E-state index in [9.17, 15) is 14.4 Å². The summed E-state index contributed by atoms with van der Waals surface area (Å²) >= 11 is 1.19. The number of rotatable bonds is 4. The molecule has 0 bridgehead atoms. The van der Waals surface area contributed by atoms with Gasteiger partial charge in [-0.15, -0.1) is 0 Å². The molecule has 2 aromatic rings. The normalized spacial score (nSPS) is 14.9. The molecule has 8 heteroatoms. The fourth-order valence-electron chi connectivity index (χ4n) is 2.28. The number of aromatic nitrogens is 1. The number of hydrogen-bond acceptors (Lipinski definition) is 6. The van der Waals surface area contributed by atoms with Crippen LogP contribution in [0.2, 0.25) is 0 Å². The number of nitrogens with one attached hydrogen (secondary N) is 2. The van der Waals surface area contributed by atoms with Crippen LogP contribution in [-0.2, 0) is 11.2 Å². The van der Waals surface area contributed by atoms with Gasteiger partial charge in [0.15, 0.2) is 10.9 Å². The molecular weight excluding hydrogens is 318 g/mol. The van der Waals surface area contributed by atoms with Crippen molar-refractivity contribution in [3.8, 4) is 0 Å². The van der Waals surface area contributed by atoms with Crippen LogP contribution >= 0.6 is 11.3 Å². The fraction of sp³-hybridized carbons (Fsp3) is 0.333. The summed E-state index contributed by atoms with van der Waals surface area (Å²) in [4.78, 5) is 40.7. The van der Waals surface area contributed by atoms with Gasteiger partial charge in [-0.2, -0.15) is 0 Å². The zero-order valence-electron chi connectivity index (χ0n) is 12.4. The molecule has 0 saturated carbocycles. The van der Waals surface area contributed by atoms with Gasteiger partial charge in [0.1, 0.15) is 12.3 Å². The van der Waals surface area contributed by atoms with Crippen molar-refractivity contribution in [1.82, 2.24) is 10.3 Å². The number of aryl methyl sites for hydroxylation is 1. The predicted molar refractivity (Wildman–Crippen MR) is 83.6 cm³/mol. The summed E-state index contributed by atoms with van der Waals surface area (Å²) < 4.78 is 4.83. The van der Waals surface area contributed by atoms with Crippen molar-refractivity contribution in [3.63, 3.8) is 0 Å². The van der Waals surface area contributed by atoms with E-state index in [0.29, 0.717) is 22.0 Å². The molecule has 0 unspecified atom stereocenters. The minimum absolute atomic E-state index is 0.0746. The minimum atomic E-state index is -0.742. The largest absolute Gasteiger partial charge is 0.472 e. The first-order valence-electron chi connectivity index (χ1n) is 7.21. The molecule has 0 fully saturated rings. The van der Waals surface area contributed by atoms with Crippen LogP contribution in [0.25, 0.3) is 0 Å². The number of fused-ring (bicyclic) bond motifs is 1. The van der Waals surface area contributed by atoms with Gasteiger partial charge in [-0.25, -0.2) is 4.98 Å². The number of furan rings is 1. The van der Waals surface area contributed by atoms with Gasteiger partial charge in [-0.3, -0.25) is 14.4 Å². The first-order chi connectivity index (χ1) is 11.0. The second-order valence-corrected chi connectivity index (χ2v) is 6.27. The Morgan fingerprint density at radius 2 is 2.22 bits per heavy atom. The summed E-state index contributed by atoms with van der Waals surface area (Å²) in [7, 11) is 0. The highest BCUT2D eigenvalue weighted by Gasteiger charge is 2.24. The third-order valence-electron chi connectivity index (χ3n) is 3.52. The molecule has 0 radical (unpaired) electrons. The lowest BCUT2D eigenvalue weighted by molar-refractivity contribution is -0.117. The molecule has 2 heterocycles. The highest BCUT2D eigenvalue weighted by atomic mass is 32.1. The number of carbonyl (C=O) groups excluding carboxylic acids is 3. The van der Waals surface area contributed by atoms with Gasteiger partial charge in [0.05, 0.1) is 22.4 Å². The highest BCUT2D eigenvalue weighted by Crippen LogP contribution is 2.29. The predicted octanol–water partition coefficient (Wildman–Crippen LogP) is 2.01. The molecular formula is C15H15N3O4S. The maximum absolute atomic E-state index is 12.1. The number of carbonyl (C=O) groups is 3. The maximum atomic E-state index is 12.1. The number of thiazole rings is 1. The van der Waals surface area contributed by atoms with Gasteiger partial charge >= 0.3 is 0 Å². The van der Waals surface area contributed by atoms with Gasteiger partial charge in [0, 0.05) is 6.42 Å². The molecule has 7 nitrogen and oxygen atoms in total. The van der Waals surface area contributed by atoms with Crippen LogP contribution in [0, 0.1) is 0 Å². The summed E-state index contributed by atoms with van der Waals surface area (Å²) in [6.07, 6.45) is 4.76. The number of ketones is 1. The van der Waals surface area contributed by atoms with Crippen LogP contribution in [0.4, 0.5) is 5.13 Å². The van der Waals surface area contributed by atoms with Gasteiger partial charge < -0.3 is 15.1 Å². The van der Waals surface area contributed by atoms with Crippen LogP contribution < -0.4 is 10.6 Å². The lowest BCUT2D eigenvalue weighted by atomic mass is 10.0.